The molecule has 0 fully saturated rings. The molecule has 0 spiro atoms. The minimum atomic E-state index is -0.284. The van der Waals surface area contributed by atoms with E-state index in [2.05, 4.69) is 25.6 Å². The van der Waals surface area contributed by atoms with Crippen LogP contribution in [0.25, 0.3) is 0 Å². The molecule has 0 saturated carbocycles. The second kappa shape index (κ2) is 5.30. The van der Waals surface area contributed by atoms with Gasteiger partial charge in [0.15, 0.2) is 0 Å². The Morgan fingerprint density at radius 1 is 1.45 bits per heavy atom. The first-order chi connectivity index (χ1) is 9.76. The number of methoxy groups -OCH3 is 1. The monoisotopic (exact) mass is 273 g/mol. The lowest BCUT2D eigenvalue weighted by molar-refractivity contribution is -0.118. The maximum atomic E-state index is 12.2. The van der Waals surface area contributed by atoms with Crippen LogP contribution in [0.15, 0.2) is 24.7 Å². The van der Waals surface area contributed by atoms with Crippen molar-refractivity contribution < 1.29 is 9.53 Å². The Morgan fingerprint density at radius 3 is 3.10 bits per heavy atom. The minimum Gasteiger partial charge on any atom is -0.481 e. The second-order valence-electron chi connectivity index (χ2n) is 4.54. The van der Waals surface area contributed by atoms with Gasteiger partial charge in [-0.2, -0.15) is 0 Å². The SMILES string of the molecule is COc1ccc(NC(=O)C2Cc3nc[nH]c3CN2)cn1. The molecule has 7 heteroatoms. The first-order valence-electron chi connectivity index (χ1n) is 6.31. The number of carbonyl (C=O) groups excluding carboxylic acids is 1. The third-order valence-corrected chi connectivity index (χ3v) is 3.26. The van der Waals surface area contributed by atoms with E-state index < -0.39 is 0 Å². The Morgan fingerprint density at radius 2 is 2.35 bits per heavy atom. The van der Waals surface area contributed by atoms with Gasteiger partial charge in [-0.1, -0.05) is 0 Å². The van der Waals surface area contributed by atoms with Crippen LogP contribution in [0.2, 0.25) is 0 Å². The molecule has 0 saturated heterocycles. The first-order valence-corrected chi connectivity index (χ1v) is 6.31. The highest BCUT2D eigenvalue weighted by Gasteiger charge is 2.25. The fourth-order valence-corrected chi connectivity index (χ4v) is 2.16. The first kappa shape index (κ1) is 12.6. The van der Waals surface area contributed by atoms with E-state index in [0.29, 0.717) is 24.5 Å². The molecule has 3 rings (SSSR count). The predicted octanol–water partition coefficient (Wildman–Crippen LogP) is 0.466. The third kappa shape index (κ3) is 2.48. The maximum Gasteiger partial charge on any atom is 0.241 e. The Hall–Kier alpha value is -2.41. The number of carbonyl (C=O) groups is 1. The molecule has 1 aliphatic heterocycles. The van der Waals surface area contributed by atoms with Crippen LogP contribution in [0, 0.1) is 0 Å². The maximum absolute atomic E-state index is 12.2. The summed E-state index contributed by atoms with van der Waals surface area (Å²) < 4.78 is 4.97. The Kier molecular flexibility index (Phi) is 3.34. The number of rotatable bonds is 3. The van der Waals surface area contributed by atoms with E-state index in [1.807, 2.05) is 0 Å². The highest BCUT2D eigenvalue weighted by atomic mass is 16.5. The second-order valence-corrected chi connectivity index (χ2v) is 4.54. The van der Waals surface area contributed by atoms with Crippen molar-refractivity contribution in [3.05, 3.63) is 36.0 Å². The lowest BCUT2D eigenvalue weighted by atomic mass is 10.0. The van der Waals surface area contributed by atoms with E-state index in [0.717, 1.165) is 11.4 Å². The van der Waals surface area contributed by atoms with Gasteiger partial charge in [-0.05, 0) is 6.07 Å². The van der Waals surface area contributed by atoms with Crippen LogP contribution >= 0.6 is 0 Å². The number of hydrogen-bond acceptors (Lipinski definition) is 5. The molecule has 1 unspecified atom stereocenters. The highest BCUT2D eigenvalue weighted by Crippen LogP contribution is 2.15. The van der Waals surface area contributed by atoms with Crippen molar-refractivity contribution in [3.63, 3.8) is 0 Å². The summed E-state index contributed by atoms with van der Waals surface area (Å²) in [7, 11) is 1.55. The van der Waals surface area contributed by atoms with E-state index in [1.165, 1.54) is 0 Å². The van der Waals surface area contributed by atoms with E-state index in [4.69, 9.17) is 4.74 Å². The van der Waals surface area contributed by atoms with E-state index in [1.54, 1.807) is 31.8 Å². The number of imidazole rings is 1. The molecular formula is C13H15N5O2. The summed E-state index contributed by atoms with van der Waals surface area (Å²) in [6, 6.07) is 3.18. The van der Waals surface area contributed by atoms with E-state index in [9.17, 15) is 4.79 Å². The third-order valence-electron chi connectivity index (χ3n) is 3.26. The van der Waals surface area contributed by atoms with Gasteiger partial charge in [-0.25, -0.2) is 9.97 Å². The molecule has 0 radical (unpaired) electrons. The number of hydrogen-bond donors (Lipinski definition) is 3. The molecule has 1 amide bonds. The quantitative estimate of drug-likeness (QED) is 0.756. The van der Waals surface area contributed by atoms with Crippen LogP contribution in [-0.2, 0) is 17.8 Å². The smallest absolute Gasteiger partial charge is 0.241 e. The fourth-order valence-electron chi connectivity index (χ4n) is 2.16. The number of aromatic nitrogens is 3. The number of H-pyrrole nitrogens is 1. The molecule has 0 aromatic carbocycles. The molecule has 0 bridgehead atoms. The molecule has 20 heavy (non-hydrogen) atoms. The average molecular weight is 273 g/mol. The van der Waals surface area contributed by atoms with Crippen molar-refractivity contribution in [2.45, 2.75) is 19.0 Å². The summed E-state index contributed by atoms with van der Waals surface area (Å²) in [5.74, 6) is 0.422. The number of aromatic amines is 1. The van der Waals surface area contributed by atoms with Gasteiger partial charge in [0.25, 0.3) is 0 Å². The van der Waals surface area contributed by atoms with Crippen LogP contribution < -0.4 is 15.4 Å². The van der Waals surface area contributed by atoms with Gasteiger partial charge in [0, 0.05) is 19.0 Å². The fraction of sp³-hybridized carbons (Fsp3) is 0.308. The topological polar surface area (TPSA) is 91.9 Å². The van der Waals surface area contributed by atoms with Crippen molar-refractivity contribution in [2.24, 2.45) is 0 Å². The lowest BCUT2D eigenvalue weighted by Crippen LogP contribution is -2.44. The standard InChI is InChI=1S/C13H15N5O2/c1-20-12-3-2-8(5-15-12)18-13(19)10-4-9-11(6-14-10)17-7-16-9/h2-3,5,7,10,14H,4,6H2,1H3,(H,16,17)(H,18,19). The van der Waals surface area contributed by atoms with Gasteiger partial charge in [0.05, 0.1) is 42.8 Å². The summed E-state index contributed by atoms with van der Waals surface area (Å²) in [4.78, 5) is 23.5. The number of fused-ring (bicyclic) bond motifs is 1. The number of anilines is 1. The molecular weight excluding hydrogens is 258 g/mol. The predicted molar refractivity (Wildman–Crippen MR) is 72.3 cm³/mol. The van der Waals surface area contributed by atoms with Gasteiger partial charge in [0.2, 0.25) is 11.8 Å². The Bertz CT molecular complexity index is 607. The van der Waals surface area contributed by atoms with Crippen LogP contribution in [0.3, 0.4) is 0 Å². The number of nitrogens with one attached hydrogen (secondary N) is 3. The highest BCUT2D eigenvalue weighted by molar-refractivity contribution is 5.95. The zero-order valence-corrected chi connectivity index (χ0v) is 11.0. The van der Waals surface area contributed by atoms with Crippen molar-refractivity contribution in [2.75, 3.05) is 12.4 Å². The summed E-state index contributed by atoms with van der Waals surface area (Å²) in [5, 5.41) is 6.00. The summed E-state index contributed by atoms with van der Waals surface area (Å²) >= 11 is 0. The van der Waals surface area contributed by atoms with Crippen LogP contribution in [0.1, 0.15) is 11.4 Å². The molecule has 7 nitrogen and oxygen atoms in total. The number of pyridine rings is 1. The van der Waals surface area contributed by atoms with Gasteiger partial charge in [0.1, 0.15) is 0 Å². The summed E-state index contributed by atoms with van der Waals surface area (Å²) in [6.07, 6.45) is 3.80. The van der Waals surface area contributed by atoms with Crippen molar-refractivity contribution in [1.29, 1.82) is 0 Å². The van der Waals surface area contributed by atoms with Crippen LogP contribution in [-0.4, -0.2) is 34.0 Å². The number of ether oxygens (including phenoxy) is 1. The van der Waals surface area contributed by atoms with Gasteiger partial charge in [-0.15, -0.1) is 0 Å². The van der Waals surface area contributed by atoms with Gasteiger partial charge >= 0.3 is 0 Å². The average Bonchev–Trinajstić information content (AvgIpc) is 2.95. The van der Waals surface area contributed by atoms with Gasteiger partial charge in [-0.3, -0.25) is 10.1 Å². The largest absolute Gasteiger partial charge is 0.481 e. The Labute approximate surface area is 115 Å². The van der Waals surface area contributed by atoms with E-state index in [-0.39, 0.29) is 11.9 Å². The molecule has 0 aliphatic carbocycles. The molecule has 1 aliphatic rings. The number of amides is 1. The molecule has 3 heterocycles. The summed E-state index contributed by atoms with van der Waals surface area (Å²) in [5.41, 5.74) is 2.63. The molecule has 2 aromatic heterocycles. The normalized spacial score (nSPS) is 17.4. The molecule has 2 aromatic rings. The zero-order valence-electron chi connectivity index (χ0n) is 11.0. The van der Waals surface area contributed by atoms with Crippen molar-refractivity contribution in [3.8, 4) is 5.88 Å². The minimum absolute atomic E-state index is 0.0920. The van der Waals surface area contributed by atoms with Crippen LogP contribution in [0.4, 0.5) is 5.69 Å². The summed E-state index contributed by atoms with van der Waals surface area (Å²) in [6.45, 7) is 0.619. The Balaban J connectivity index is 1.65. The van der Waals surface area contributed by atoms with Gasteiger partial charge < -0.3 is 15.0 Å². The molecule has 104 valence electrons. The number of nitrogens with zero attached hydrogens (tertiary/aromatic N) is 2. The van der Waals surface area contributed by atoms with Crippen LogP contribution in [0.5, 0.6) is 5.88 Å². The van der Waals surface area contributed by atoms with Crippen molar-refractivity contribution in [1.82, 2.24) is 20.3 Å². The zero-order chi connectivity index (χ0) is 13.9. The lowest BCUT2D eigenvalue weighted by Gasteiger charge is -2.22. The van der Waals surface area contributed by atoms with Crippen molar-refractivity contribution >= 4 is 11.6 Å². The molecule has 3 N–H and O–H groups in total. The molecule has 1 atom stereocenters. The van der Waals surface area contributed by atoms with E-state index >= 15 is 0 Å².